The number of amides is 2. The molecule has 2 aliphatic heterocycles. The van der Waals surface area contributed by atoms with Crippen molar-refractivity contribution in [3.63, 3.8) is 0 Å². The van der Waals surface area contributed by atoms with Gasteiger partial charge in [-0.25, -0.2) is 0 Å². The van der Waals surface area contributed by atoms with Crippen molar-refractivity contribution in [2.45, 2.75) is 44.2 Å². The number of hydrogen-bond donors (Lipinski definition) is 1. The van der Waals surface area contributed by atoms with E-state index in [0.717, 1.165) is 31.2 Å². The summed E-state index contributed by atoms with van der Waals surface area (Å²) in [6, 6.07) is 13.5. The second kappa shape index (κ2) is 9.39. The first-order chi connectivity index (χ1) is 14.6. The van der Waals surface area contributed by atoms with Gasteiger partial charge in [0.25, 0.3) is 5.91 Å². The van der Waals surface area contributed by atoms with Gasteiger partial charge in [-0.15, -0.1) is 0 Å². The Bertz CT molecular complexity index is 849. The Morgan fingerprint density at radius 2 is 1.83 bits per heavy atom. The summed E-state index contributed by atoms with van der Waals surface area (Å²) in [4.78, 5) is 31.0. The Balaban J connectivity index is 1.26. The van der Waals surface area contributed by atoms with Crippen molar-refractivity contribution in [1.29, 1.82) is 0 Å². The maximum Gasteiger partial charge on any atom is 0.253 e. The van der Waals surface area contributed by atoms with Crippen LogP contribution in [0.1, 0.15) is 48.0 Å². The predicted molar refractivity (Wildman–Crippen MR) is 114 cm³/mol. The molecule has 3 heterocycles. The topological polar surface area (TPSA) is 71.5 Å². The number of aromatic nitrogens is 1. The van der Waals surface area contributed by atoms with Crippen LogP contribution in [0.4, 0.5) is 0 Å². The van der Waals surface area contributed by atoms with Crippen LogP contribution in [-0.2, 0) is 16.1 Å². The van der Waals surface area contributed by atoms with E-state index in [1.54, 1.807) is 24.5 Å². The van der Waals surface area contributed by atoms with Crippen LogP contribution in [0.5, 0.6) is 0 Å². The van der Waals surface area contributed by atoms with Crippen molar-refractivity contribution < 1.29 is 14.3 Å². The lowest BCUT2D eigenvalue weighted by molar-refractivity contribution is -0.134. The van der Waals surface area contributed by atoms with Crippen LogP contribution in [0, 0.1) is 5.92 Å². The smallest absolute Gasteiger partial charge is 0.253 e. The molecule has 1 N–H and O–H groups in total. The largest absolute Gasteiger partial charge is 0.375 e. The molecule has 1 aromatic heterocycles. The van der Waals surface area contributed by atoms with E-state index in [1.807, 2.05) is 35.2 Å². The normalized spacial score (nSPS) is 20.7. The first-order valence-corrected chi connectivity index (χ1v) is 10.8. The number of likely N-dealkylation sites (tertiary alicyclic amines) is 1. The van der Waals surface area contributed by atoms with E-state index in [2.05, 4.69) is 10.3 Å². The lowest BCUT2D eigenvalue weighted by atomic mass is 9.78. The average Bonchev–Trinajstić information content (AvgIpc) is 2.79. The number of benzene rings is 1. The molecule has 1 unspecified atom stereocenters. The number of piperidine rings is 1. The number of nitrogens with zero attached hydrogens (tertiary/aromatic N) is 2. The zero-order chi connectivity index (χ0) is 20.8. The molecule has 158 valence electrons. The van der Waals surface area contributed by atoms with Gasteiger partial charge in [-0.1, -0.05) is 30.3 Å². The Morgan fingerprint density at radius 1 is 1.10 bits per heavy atom. The molecule has 2 fully saturated rings. The summed E-state index contributed by atoms with van der Waals surface area (Å²) >= 11 is 0. The summed E-state index contributed by atoms with van der Waals surface area (Å²) in [6.07, 6.45) is 7.30. The summed E-state index contributed by atoms with van der Waals surface area (Å²) < 4.78 is 6.20. The third-order valence-electron chi connectivity index (χ3n) is 6.29. The zero-order valence-electron chi connectivity index (χ0n) is 17.3. The third-order valence-corrected chi connectivity index (χ3v) is 6.29. The molecule has 6 nitrogen and oxygen atoms in total. The second-order valence-electron chi connectivity index (χ2n) is 8.38. The summed E-state index contributed by atoms with van der Waals surface area (Å²) in [5.41, 5.74) is 1.59. The van der Waals surface area contributed by atoms with Crippen LogP contribution in [-0.4, -0.2) is 47.0 Å². The van der Waals surface area contributed by atoms with E-state index >= 15 is 0 Å². The van der Waals surface area contributed by atoms with Crippen LogP contribution < -0.4 is 5.32 Å². The van der Waals surface area contributed by atoms with Crippen molar-refractivity contribution in [2.24, 2.45) is 5.92 Å². The molecule has 2 saturated heterocycles. The molecule has 0 radical (unpaired) electrons. The van der Waals surface area contributed by atoms with E-state index in [4.69, 9.17) is 4.74 Å². The van der Waals surface area contributed by atoms with Gasteiger partial charge in [-0.2, -0.15) is 0 Å². The lowest BCUT2D eigenvalue weighted by Gasteiger charge is -2.46. The number of pyridine rings is 1. The molecule has 30 heavy (non-hydrogen) atoms. The summed E-state index contributed by atoms with van der Waals surface area (Å²) in [6.45, 7) is 2.64. The van der Waals surface area contributed by atoms with E-state index in [9.17, 15) is 9.59 Å². The molecule has 1 spiro atoms. The zero-order valence-corrected chi connectivity index (χ0v) is 17.3. The minimum atomic E-state index is -0.197. The molecule has 1 aromatic carbocycles. The van der Waals surface area contributed by atoms with Crippen LogP contribution in [0.15, 0.2) is 54.9 Å². The Morgan fingerprint density at radius 3 is 2.57 bits per heavy atom. The molecule has 2 aromatic rings. The van der Waals surface area contributed by atoms with Crippen molar-refractivity contribution in [3.05, 3.63) is 66.0 Å². The highest BCUT2D eigenvalue weighted by atomic mass is 16.5. The van der Waals surface area contributed by atoms with E-state index in [-0.39, 0.29) is 17.4 Å². The highest BCUT2D eigenvalue weighted by Gasteiger charge is 2.41. The van der Waals surface area contributed by atoms with Crippen molar-refractivity contribution >= 4 is 11.8 Å². The number of ether oxygens (including phenoxy) is 1. The highest BCUT2D eigenvalue weighted by Crippen LogP contribution is 2.39. The number of carbonyl (C=O) groups is 2. The van der Waals surface area contributed by atoms with Gasteiger partial charge in [0.2, 0.25) is 5.91 Å². The summed E-state index contributed by atoms with van der Waals surface area (Å²) in [7, 11) is 0. The van der Waals surface area contributed by atoms with Gasteiger partial charge in [0, 0.05) is 50.6 Å². The van der Waals surface area contributed by atoms with Crippen LogP contribution in [0.3, 0.4) is 0 Å². The maximum atomic E-state index is 12.7. The van der Waals surface area contributed by atoms with Gasteiger partial charge in [-0.05, 0) is 49.3 Å². The lowest BCUT2D eigenvalue weighted by Crippen LogP contribution is -2.51. The summed E-state index contributed by atoms with van der Waals surface area (Å²) in [5, 5.41) is 3.04. The first-order valence-electron chi connectivity index (χ1n) is 10.8. The SMILES string of the molecule is O=C(CC1CCOC2(CCN(C(=O)c3ccncc3)CC2)C1)NCc1ccccc1. The molecule has 2 amide bonds. The minimum absolute atomic E-state index is 0.0555. The molecule has 0 bridgehead atoms. The predicted octanol–water partition coefficient (Wildman–Crippen LogP) is 3.19. The van der Waals surface area contributed by atoms with Crippen LogP contribution in [0.2, 0.25) is 0 Å². The second-order valence-corrected chi connectivity index (χ2v) is 8.38. The van der Waals surface area contributed by atoms with Crippen LogP contribution in [0.25, 0.3) is 0 Å². The van der Waals surface area contributed by atoms with Crippen molar-refractivity contribution in [3.8, 4) is 0 Å². The molecular weight excluding hydrogens is 378 g/mol. The quantitative estimate of drug-likeness (QED) is 0.826. The molecule has 0 saturated carbocycles. The van der Waals surface area contributed by atoms with Gasteiger partial charge < -0.3 is 15.0 Å². The van der Waals surface area contributed by atoms with Gasteiger partial charge in [0.1, 0.15) is 0 Å². The molecule has 2 aliphatic rings. The Hall–Kier alpha value is -2.73. The van der Waals surface area contributed by atoms with Crippen molar-refractivity contribution in [2.75, 3.05) is 19.7 Å². The van der Waals surface area contributed by atoms with Crippen LogP contribution >= 0.6 is 0 Å². The molecule has 4 rings (SSSR count). The Kier molecular flexibility index (Phi) is 6.43. The maximum absolute atomic E-state index is 12.7. The minimum Gasteiger partial charge on any atom is -0.375 e. The summed E-state index contributed by atoms with van der Waals surface area (Å²) in [5.74, 6) is 0.489. The fourth-order valence-corrected chi connectivity index (χ4v) is 4.58. The monoisotopic (exact) mass is 407 g/mol. The number of hydrogen-bond acceptors (Lipinski definition) is 4. The number of nitrogens with one attached hydrogen (secondary N) is 1. The van der Waals surface area contributed by atoms with E-state index in [0.29, 0.717) is 44.1 Å². The van der Waals surface area contributed by atoms with E-state index < -0.39 is 0 Å². The van der Waals surface area contributed by atoms with E-state index in [1.165, 1.54) is 0 Å². The highest BCUT2D eigenvalue weighted by molar-refractivity contribution is 5.94. The van der Waals surface area contributed by atoms with Gasteiger partial charge in [0.15, 0.2) is 0 Å². The average molecular weight is 408 g/mol. The first kappa shape index (κ1) is 20.5. The Labute approximate surface area is 177 Å². The van der Waals surface area contributed by atoms with Crippen molar-refractivity contribution in [1.82, 2.24) is 15.2 Å². The molecular formula is C24H29N3O3. The molecule has 6 heteroatoms. The van der Waals surface area contributed by atoms with Gasteiger partial charge in [0.05, 0.1) is 5.60 Å². The third kappa shape index (κ3) is 5.05. The van der Waals surface area contributed by atoms with Gasteiger partial charge in [-0.3, -0.25) is 14.6 Å². The molecule has 0 aliphatic carbocycles. The fourth-order valence-electron chi connectivity index (χ4n) is 4.58. The van der Waals surface area contributed by atoms with Gasteiger partial charge >= 0.3 is 0 Å². The standard InChI is InChI=1S/C24H29N3O3/c28-22(26-18-19-4-2-1-3-5-19)16-20-8-15-30-24(17-20)9-13-27(14-10-24)23(29)21-6-11-25-12-7-21/h1-7,11-12,20H,8-10,13-18H2,(H,26,28). The number of rotatable bonds is 5. The fraction of sp³-hybridized carbons (Fsp3) is 0.458. The molecule has 1 atom stereocenters. The number of carbonyl (C=O) groups excluding carboxylic acids is 2.